The Morgan fingerprint density at radius 2 is 2.00 bits per heavy atom. The van der Waals surface area contributed by atoms with Gasteiger partial charge in [-0.05, 0) is 20.8 Å². The van der Waals surface area contributed by atoms with Gasteiger partial charge in [-0.2, -0.15) is 0 Å². The molecule has 0 aromatic rings. The third-order valence-corrected chi connectivity index (χ3v) is 0.915. The predicted octanol–water partition coefficient (Wildman–Crippen LogP) is 1.56. The van der Waals surface area contributed by atoms with Gasteiger partial charge in [0.15, 0.2) is 5.78 Å². The van der Waals surface area contributed by atoms with Gasteiger partial charge in [-0.15, -0.1) is 0 Å². The Morgan fingerprint density at radius 1 is 1.40 bits per heavy atom. The normalized spacial score (nSPS) is 9.10. The maximum absolute atomic E-state index is 10.3. The Hall–Kier alpha value is -0.630. The van der Waals surface area contributed by atoms with E-state index in [0.717, 1.165) is 0 Å². The Morgan fingerprint density at radius 3 is 2.40 bits per heavy atom. The van der Waals surface area contributed by atoms with Crippen LogP contribution in [0.1, 0.15) is 20.8 Å². The highest BCUT2D eigenvalue weighted by atomic mass is 16.5. The van der Waals surface area contributed by atoms with E-state index in [9.17, 15) is 4.79 Å². The van der Waals surface area contributed by atoms with Crippen molar-refractivity contribution in [3.8, 4) is 0 Å². The zero-order valence-electron chi connectivity index (χ0n) is 6.81. The van der Waals surface area contributed by atoms with Crippen molar-refractivity contribution in [2.24, 2.45) is 0 Å². The van der Waals surface area contributed by atoms with Gasteiger partial charge in [0.2, 0.25) is 0 Å². The lowest BCUT2D eigenvalue weighted by atomic mass is 10.3. The molecule has 0 bridgehead atoms. The van der Waals surface area contributed by atoms with E-state index in [2.05, 4.69) is 0 Å². The number of Topliss-reactive ketones (excluding diaryl/α,β-unsaturated/α-hetero) is 1. The van der Waals surface area contributed by atoms with Crippen LogP contribution in [0.5, 0.6) is 0 Å². The van der Waals surface area contributed by atoms with Crippen LogP contribution in [0.25, 0.3) is 0 Å². The molecular weight excluding hydrogens is 128 g/mol. The Bertz CT molecular complexity index is 132. The molecule has 0 aliphatic carbocycles. The van der Waals surface area contributed by atoms with Gasteiger partial charge in [0.1, 0.15) is 6.61 Å². The summed E-state index contributed by atoms with van der Waals surface area (Å²) < 4.78 is 4.98. The second-order valence-corrected chi connectivity index (χ2v) is 2.50. The molecule has 0 aliphatic heterocycles. The molecule has 0 radical (unpaired) electrons. The molecule has 0 heterocycles. The summed E-state index contributed by atoms with van der Waals surface area (Å²) in [5.41, 5.74) is 1.21. The number of carbonyl (C=O) groups excluding carboxylic acids is 1. The molecule has 0 atom stereocenters. The lowest BCUT2D eigenvalue weighted by molar-refractivity contribution is -0.121. The van der Waals surface area contributed by atoms with Crippen LogP contribution in [0.15, 0.2) is 11.6 Å². The zero-order chi connectivity index (χ0) is 7.98. The van der Waals surface area contributed by atoms with Gasteiger partial charge in [0, 0.05) is 0 Å². The van der Waals surface area contributed by atoms with E-state index < -0.39 is 0 Å². The summed E-state index contributed by atoms with van der Waals surface area (Å²) in [5.74, 6) is 0.0714. The molecule has 0 rings (SSSR count). The van der Waals surface area contributed by atoms with Crippen molar-refractivity contribution in [1.82, 2.24) is 0 Å². The maximum Gasteiger partial charge on any atom is 0.155 e. The topological polar surface area (TPSA) is 26.3 Å². The fraction of sp³-hybridized carbons (Fsp3) is 0.625. The SMILES string of the molecule is CC(=O)COCC=C(C)C. The number of ether oxygens (including phenoxy) is 1. The third-order valence-electron chi connectivity index (χ3n) is 0.915. The quantitative estimate of drug-likeness (QED) is 0.440. The first kappa shape index (κ1) is 9.37. The molecule has 0 saturated carbocycles. The summed E-state index contributed by atoms with van der Waals surface area (Å²) in [6.45, 7) is 6.28. The van der Waals surface area contributed by atoms with E-state index in [1.54, 1.807) is 0 Å². The van der Waals surface area contributed by atoms with Gasteiger partial charge >= 0.3 is 0 Å². The minimum atomic E-state index is 0.0714. The molecule has 0 aromatic heterocycles. The first-order valence-corrected chi connectivity index (χ1v) is 3.33. The molecule has 58 valence electrons. The van der Waals surface area contributed by atoms with Crippen molar-refractivity contribution in [2.75, 3.05) is 13.2 Å². The van der Waals surface area contributed by atoms with E-state index in [0.29, 0.717) is 6.61 Å². The standard InChI is InChI=1S/C8H14O2/c1-7(2)4-5-10-6-8(3)9/h4H,5-6H2,1-3H3. The lowest BCUT2D eigenvalue weighted by Gasteiger charge is -1.95. The predicted molar refractivity (Wildman–Crippen MR) is 40.9 cm³/mol. The molecule has 0 spiro atoms. The van der Waals surface area contributed by atoms with E-state index in [-0.39, 0.29) is 12.4 Å². The van der Waals surface area contributed by atoms with Gasteiger partial charge in [-0.25, -0.2) is 0 Å². The van der Waals surface area contributed by atoms with Gasteiger partial charge in [0.25, 0.3) is 0 Å². The highest BCUT2D eigenvalue weighted by Gasteiger charge is 1.89. The van der Waals surface area contributed by atoms with E-state index in [1.807, 2.05) is 19.9 Å². The van der Waals surface area contributed by atoms with E-state index in [1.165, 1.54) is 12.5 Å². The maximum atomic E-state index is 10.3. The zero-order valence-corrected chi connectivity index (χ0v) is 6.81. The molecular formula is C8H14O2. The molecule has 10 heavy (non-hydrogen) atoms. The van der Waals surface area contributed by atoms with Crippen LogP contribution in [0.3, 0.4) is 0 Å². The molecule has 0 aromatic carbocycles. The molecule has 0 fully saturated rings. The minimum absolute atomic E-state index is 0.0714. The molecule has 2 heteroatoms. The second kappa shape index (κ2) is 5.18. The van der Waals surface area contributed by atoms with E-state index >= 15 is 0 Å². The molecule has 2 nitrogen and oxygen atoms in total. The Labute approximate surface area is 61.9 Å². The van der Waals surface area contributed by atoms with Crippen LogP contribution < -0.4 is 0 Å². The van der Waals surface area contributed by atoms with Gasteiger partial charge in [0.05, 0.1) is 6.61 Å². The number of rotatable bonds is 4. The minimum Gasteiger partial charge on any atom is -0.370 e. The van der Waals surface area contributed by atoms with Crippen molar-refractivity contribution in [2.45, 2.75) is 20.8 Å². The van der Waals surface area contributed by atoms with Crippen molar-refractivity contribution >= 4 is 5.78 Å². The second-order valence-electron chi connectivity index (χ2n) is 2.50. The number of ketones is 1. The van der Waals surface area contributed by atoms with Crippen molar-refractivity contribution in [3.05, 3.63) is 11.6 Å². The van der Waals surface area contributed by atoms with Crippen molar-refractivity contribution in [3.63, 3.8) is 0 Å². The Balaban J connectivity index is 3.21. The van der Waals surface area contributed by atoms with Crippen LogP contribution >= 0.6 is 0 Å². The number of carbonyl (C=O) groups is 1. The summed E-state index contributed by atoms with van der Waals surface area (Å²) in [5, 5.41) is 0. The lowest BCUT2D eigenvalue weighted by Crippen LogP contribution is -2.03. The van der Waals surface area contributed by atoms with Crippen LogP contribution in [0, 0.1) is 0 Å². The van der Waals surface area contributed by atoms with Crippen LogP contribution in [0.4, 0.5) is 0 Å². The molecule has 0 unspecified atom stereocenters. The summed E-state index contributed by atoms with van der Waals surface area (Å²) in [6, 6.07) is 0. The molecule has 0 amide bonds. The van der Waals surface area contributed by atoms with Crippen LogP contribution in [0.2, 0.25) is 0 Å². The van der Waals surface area contributed by atoms with Crippen LogP contribution in [-0.2, 0) is 9.53 Å². The average Bonchev–Trinajstić information content (AvgIpc) is 1.79. The summed E-state index contributed by atoms with van der Waals surface area (Å²) in [6.07, 6.45) is 1.95. The van der Waals surface area contributed by atoms with Gasteiger partial charge in [-0.1, -0.05) is 11.6 Å². The first-order valence-electron chi connectivity index (χ1n) is 3.33. The number of hydrogen-bond donors (Lipinski definition) is 0. The summed E-state index contributed by atoms with van der Waals surface area (Å²) >= 11 is 0. The number of allylic oxidation sites excluding steroid dienone is 1. The number of hydrogen-bond acceptors (Lipinski definition) is 2. The Kier molecular flexibility index (Phi) is 4.85. The largest absolute Gasteiger partial charge is 0.370 e. The molecule has 0 saturated heterocycles. The highest BCUT2D eigenvalue weighted by Crippen LogP contribution is 1.88. The van der Waals surface area contributed by atoms with E-state index in [4.69, 9.17) is 4.74 Å². The van der Waals surface area contributed by atoms with Gasteiger partial charge in [-0.3, -0.25) is 4.79 Å². The highest BCUT2D eigenvalue weighted by molar-refractivity contribution is 5.76. The first-order chi connectivity index (χ1) is 4.63. The smallest absolute Gasteiger partial charge is 0.155 e. The fourth-order valence-corrected chi connectivity index (χ4v) is 0.428. The summed E-state index contributed by atoms with van der Waals surface area (Å²) in [4.78, 5) is 10.3. The molecule has 0 N–H and O–H groups in total. The third kappa shape index (κ3) is 7.37. The summed E-state index contributed by atoms with van der Waals surface area (Å²) in [7, 11) is 0. The van der Waals surface area contributed by atoms with Crippen LogP contribution in [-0.4, -0.2) is 19.0 Å². The monoisotopic (exact) mass is 142 g/mol. The van der Waals surface area contributed by atoms with Crippen molar-refractivity contribution in [1.29, 1.82) is 0 Å². The van der Waals surface area contributed by atoms with Gasteiger partial charge < -0.3 is 4.74 Å². The fourth-order valence-electron chi connectivity index (χ4n) is 0.428. The molecule has 0 aliphatic rings. The average molecular weight is 142 g/mol. The van der Waals surface area contributed by atoms with Crippen molar-refractivity contribution < 1.29 is 9.53 Å².